The fourth-order valence-corrected chi connectivity index (χ4v) is 4.33. The van der Waals surface area contributed by atoms with E-state index in [0.717, 1.165) is 25.4 Å². The number of benzene rings is 1. The Hall–Kier alpha value is -1.34. The minimum absolute atomic E-state index is 0.775. The lowest BCUT2D eigenvalue weighted by atomic mass is 10.1. The zero-order chi connectivity index (χ0) is 18.0. The third kappa shape index (κ3) is 6.43. The second-order valence-electron chi connectivity index (χ2n) is 6.93. The molecule has 26 heavy (non-hydrogen) atoms. The number of imidazole rings is 1. The van der Waals surface area contributed by atoms with Crippen LogP contribution in [0.4, 0.5) is 0 Å². The summed E-state index contributed by atoms with van der Waals surface area (Å²) in [4.78, 5) is 9.20. The van der Waals surface area contributed by atoms with Crippen LogP contribution in [0.3, 0.4) is 0 Å². The van der Waals surface area contributed by atoms with Gasteiger partial charge in [-0.05, 0) is 30.6 Å². The molecule has 0 saturated carbocycles. The van der Waals surface area contributed by atoms with Gasteiger partial charge in [0, 0.05) is 63.2 Å². The van der Waals surface area contributed by atoms with Crippen LogP contribution in [-0.2, 0) is 12.3 Å². The van der Waals surface area contributed by atoms with Gasteiger partial charge >= 0.3 is 0 Å². The molecule has 1 aromatic carbocycles. The standard InChI is InChI=1S/C20H31N5S/c21-6-10-23-8-1-9-24(13-12-23)14-15-26-17-20-4-2-19(3-5-20)16-25-11-7-22-18-25/h2-5,7,11,18H,1,6,8-10,12-17,21H2. The molecule has 1 fully saturated rings. The predicted molar refractivity (Wildman–Crippen MR) is 110 cm³/mol. The summed E-state index contributed by atoms with van der Waals surface area (Å²) < 4.78 is 2.10. The predicted octanol–water partition coefficient (Wildman–Crippen LogP) is 2.13. The molecule has 3 rings (SSSR count). The van der Waals surface area contributed by atoms with Crippen molar-refractivity contribution in [2.45, 2.75) is 18.7 Å². The minimum Gasteiger partial charge on any atom is -0.333 e. The van der Waals surface area contributed by atoms with E-state index in [4.69, 9.17) is 5.73 Å². The van der Waals surface area contributed by atoms with E-state index in [1.54, 1.807) is 0 Å². The first kappa shape index (κ1) is 19.4. The third-order valence-corrected chi connectivity index (χ3v) is 5.90. The molecular formula is C20H31N5S. The molecular weight excluding hydrogens is 342 g/mol. The Morgan fingerprint density at radius 3 is 2.38 bits per heavy atom. The first-order valence-corrected chi connectivity index (χ1v) is 10.7. The van der Waals surface area contributed by atoms with Gasteiger partial charge in [-0.3, -0.25) is 0 Å². The number of rotatable bonds is 9. The lowest BCUT2D eigenvalue weighted by Crippen LogP contribution is -2.34. The molecule has 1 saturated heterocycles. The largest absolute Gasteiger partial charge is 0.333 e. The number of nitrogens with zero attached hydrogens (tertiary/aromatic N) is 4. The van der Waals surface area contributed by atoms with Crippen LogP contribution in [0.15, 0.2) is 43.0 Å². The Balaban J connectivity index is 1.33. The topological polar surface area (TPSA) is 50.3 Å². The SMILES string of the molecule is NCCN1CCCN(CCSCc2ccc(Cn3ccnc3)cc2)CC1. The fraction of sp³-hybridized carbons (Fsp3) is 0.550. The Morgan fingerprint density at radius 1 is 0.962 bits per heavy atom. The number of thioether (sulfide) groups is 1. The van der Waals surface area contributed by atoms with Crippen molar-refractivity contribution in [1.29, 1.82) is 0 Å². The Labute approximate surface area is 161 Å². The molecule has 1 aliphatic rings. The summed E-state index contributed by atoms with van der Waals surface area (Å²) in [5.41, 5.74) is 8.41. The third-order valence-electron chi connectivity index (χ3n) is 4.89. The monoisotopic (exact) mass is 373 g/mol. The molecule has 2 aromatic rings. The second kappa shape index (κ2) is 10.7. The van der Waals surface area contributed by atoms with Crippen molar-refractivity contribution in [3.8, 4) is 0 Å². The van der Waals surface area contributed by atoms with Crippen LogP contribution in [0.25, 0.3) is 0 Å². The van der Waals surface area contributed by atoms with Crippen LogP contribution in [-0.4, -0.2) is 70.9 Å². The molecule has 0 radical (unpaired) electrons. The van der Waals surface area contributed by atoms with Crippen molar-refractivity contribution < 1.29 is 0 Å². The first-order chi connectivity index (χ1) is 12.8. The Kier molecular flexibility index (Phi) is 8.01. The molecule has 2 heterocycles. The van der Waals surface area contributed by atoms with Gasteiger partial charge in [0.2, 0.25) is 0 Å². The number of hydrogen-bond acceptors (Lipinski definition) is 5. The highest BCUT2D eigenvalue weighted by Gasteiger charge is 2.13. The van der Waals surface area contributed by atoms with Gasteiger partial charge in [-0.1, -0.05) is 24.3 Å². The summed E-state index contributed by atoms with van der Waals surface area (Å²) in [6, 6.07) is 8.99. The maximum atomic E-state index is 5.68. The normalized spacial score (nSPS) is 16.7. The second-order valence-corrected chi connectivity index (χ2v) is 8.03. The van der Waals surface area contributed by atoms with E-state index in [2.05, 4.69) is 43.6 Å². The van der Waals surface area contributed by atoms with Crippen LogP contribution in [0.5, 0.6) is 0 Å². The van der Waals surface area contributed by atoms with Crippen molar-refractivity contribution in [2.75, 3.05) is 51.6 Å². The molecule has 2 N–H and O–H groups in total. The van der Waals surface area contributed by atoms with Crippen molar-refractivity contribution in [1.82, 2.24) is 19.4 Å². The van der Waals surface area contributed by atoms with Crippen molar-refractivity contribution in [3.63, 3.8) is 0 Å². The van der Waals surface area contributed by atoms with Gasteiger partial charge in [-0.2, -0.15) is 11.8 Å². The molecule has 0 atom stereocenters. The van der Waals surface area contributed by atoms with Gasteiger partial charge in [0.15, 0.2) is 0 Å². The zero-order valence-electron chi connectivity index (χ0n) is 15.6. The van der Waals surface area contributed by atoms with Gasteiger partial charge in [0.25, 0.3) is 0 Å². The first-order valence-electron chi connectivity index (χ1n) is 9.59. The Morgan fingerprint density at radius 2 is 1.69 bits per heavy atom. The number of aromatic nitrogens is 2. The van der Waals surface area contributed by atoms with Crippen molar-refractivity contribution in [2.24, 2.45) is 5.73 Å². The molecule has 142 valence electrons. The zero-order valence-corrected chi connectivity index (χ0v) is 16.4. The smallest absolute Gasteiger partial charge is 0.0949 e. The van der Waals surface area contributed by atoms with Gasteiger partial charge in [0.05, 0.1) is 6.33 Å². The molecule has 0 bridgehead atoms. The molecule has 1 aromatic heterocycles. The maximum Gasteiger partial charge on any atom is 0.0949 e. The van der Waals surface area contributed by atoms with E-state index >= 15 is 0 Å². The van der Waals surface area contributed by atoms with Crippen molar-refractivity contribution in [3.05, 3.63) is 54.1 Å². The summed E-state index contributed by atoms with van der Waals surface area (Å²) in [5.74, 6) is 2.30. The van der Waals surface area contributed by atoms with Crippen LogP contribution >= 0.6 is 11.8 Å². The lowest BCUT2D eigenvalue weighted by Gasteiger charge is -2.21. The summed E-state index contributed by atoms with van der Waals surface area (Å²) >= 11 is 2.04. The van der Waals surface area contributed by atoms with Gasteiger partial charge in [-0.15, -0.1) is 0 Å². The highest BCUT2D eigenvalue weighted by Crippen LogP contribution is 2.14. The van der Waals surface area contributed by atoms with E-state index in [-0.39, 0.29) is 0 Å². The quantitative estimate of drug-likeness (QED) is 0.683. The average molecular weight is 374 g/mol. The summed E-state index contributed by atoms with van der Waals surface area (Å²) in [6.07, 6.45) is 6.96. The fourth-order valence-electron chi connectivity index (χ4n) is 3.37. The van der Waals surface area contributed by atoms with Gasteiger partial charge in [-0.25, -0.2) is 4.98 Å². The van der Waals surface area contributed by atoms with Gasteiger partial charge in [0.1, 0.15) is 0 Å². The van der Waals surface area contributed by atoms with E-state index in [1.165, 1.54) is 56.0 Å². The van der Waals surface area contributed by atoms with E-state index in [0.29, 0.717) is 0 Å². The van der Waals surface area contributed by atoms with Crippen LogP contribution in [0, 0.1) is 0 Å². The average Bonchev–Trinajstić information content (AvgIpc) is 3.06. The highest BCUT2D eigenvalue weighted by molar-refractivity contribution is 7.98. The summed E-state index contributed by atoms with van der Waals surface area (Å²) in [7, 11) is 0. The summed E-state index contributed by atoms with van der Waals surface area (Å²) in [5, 5.41) is 0. The van der Waals surface area contributed by atoms with E-state index in [1.807, 2.05) is 30.5 Å². The molecule has 5 nitrogen and oxygen atoms in total. The van der Waals surface area contributed by atoms with Gasteiger partial charge < -0.3 is 20.1 Å². The lowest BCUT2D eigenvalue weighted by molar-refractivity contribution is 0.269. The van der Waals surface area contributed by atoms with Crippen LogP contribution < -0.4 is 5.73 Å². The summed E-state index contributed by atoms with van der Waals surface area (Å²) in [6.45, 7) is 8.68. The molecule has 0 spiro atoms. The highest BCUT2D eigenvalue weighted by atomic mass is 32.2. The van der Waals surface area contributed by atoms with Crippen LogP contribution in [0.1, 0.15) is 17.5 Å². The van der Waals surface area contributed by atoms with Crippen LogP contribution in [0.2, 0.25) is 0 Å². The number of hydrogen-bond donors (Lipinski definition) is 1. The molecule has 6 heteroatoms. The molecule has 0 aliphatic carbocycles. The molecule has 0 amide bonds. The van der Waals surface area contributed by atoms with Crippen molar-refractivity contribution >= 4 is 11.8 Å². The molecule has 1 aliphatic heterocycles. The minimum atomic E-state index is 0.775. The molecule has 0 unspecified atom stereocenters. The van der Waals surface area contributed by atoms with E-state index < -0.39 is 0 Å². The Bertz CT molecular complexity index is 614. The number of nitrogens with two attached hydrogens (primary N) is 1. The van der Waals surface area contributed by atoms with E-state index in [9.17, 15) is 0 Å². The maximum absolute atomic E-state index is 5.68.